The second-order valence-electron chi connectivity index (χ2n) is 16.1. The number of rotatable bonds is 41. The number of amides is 2. The number of nitrogens with one attached hydrogen (secondary N) is 2. The Morgan fingerprint density at radius 1 is 0.593 bits per heavy atom. The summed E-state index contributed by atoms with van der Waals surface area (Å²) in [7, 11) is 0. The molecule has 0 aliphatic rings. The maximum atomic E-state index is 13.6. The van der Waals surface area contributed by atoms with E-state index >= 15 is 0 Å². The van der Waals surface area contributed by atoms with E-state index in [1.807, 2.05) is 17.1 Å². The standard InChI is InChI=1S/C46H87N7O6/c1-3-5-7-9-11-19-27-38-58-42(54)32-21-15-13-17-25-36-53(37-26-18-14-16-22-33-43(55)59-39-28-20-12-10-8-6-4-2)45(57)41(48)30-23-24-34-51-44(56)40(47)31-29-35-52-46(49)50/h19-20,27-28,40-41H,3-18,21-26,29-39,47-48H2,1-2H3,(H,51,56)(H4,49,50,52)/p+3/b27-19-,28-20-. The number of esters is 2. The van der Waals surface area contributed by atoms with Crippen molar-refractivity contribution in [2.45, 2.75) is 199 Å². The van der Waals surface area contributed by atoms with E-state index in [9.17, 15) is 19.2 Å². The maximum absolute atomic E-state index is 13.6. The number of guanidine groups is 1. The van der Waals surface area contributed by atoms with Gasteiger partial charge >= 0.3 is 17.9 Å². The third kappa shape index (κ3) is 37.3. The molecule has 0 radical (unpaired) electrons. The molecule has 0 fully saturated rings. The van der Waals surface area contributed by atoms with Crippen LogP contribution >= 0.6 is 0 Å². The van der Waals surface area contributed by atoms with Crippen molar-refractivity contribution < 1.29 is 45.1 Å². The molecule has 0 heterocycles. The minimum atomic E-state index is -0.344. The smallest absolute Gasteiger partial charge is 0.338 e. The third-order valence-corrected chi connectivity index (χ3v) is 10.4. The van der Waals surface area contributed by atoms with Gasteiger partial charge in [0, 0.05) is 45.3 Å². The molecule has 0 rings (SSSR count). The number of carbonyl (C=O) groups excluding carboxylic acids is 4. The van der Waals surface area contributed by atoms with Crippen LogP contribution in [0.2, 0.25) is 0 Å². The van der Waals surface area contributed by atoms with Gasteiger partial charge in [-0.2, -0.15) is 0 Å². The van der Waals surface area contributed by atoms with Crippen LogP contribution in [0.3, 0.4) is 0 Å². The minimum absolute atomic E-state index is 0.0737. The van der Waals surface area contributed by atoms with E-state index in [-0.39, 0.29) is 41.8 Å². The Balaban J connectivity index is 4.59. The molecule has 2 atom stereocenters. The molecule has 0 aliphatic heterocycles. The van der Waals surface area contributed by atoms with Gasteiger partial charge in [0.1, 0.15) is 13.2 Å². The molecule has 0 saturated carbocycles. The van der Waals surface area contributed by atoms with Crippen LogP contribution in [0.5, 0.6) is 0 Å². The average molecular weight is 837 g/mol. The van der Waals surface area contributed by atoms with Crippen LogP contribution in [-0.2, 0) is 28.7 Å². The molecule has 13 nitrogen and oxygen atoms in total. The fourth-order valence-electron chi connectivity index (χ4n) is 6.68. The molecule has 0 aromatic rings. The Bertz CT molecular complexity index is 1090. The Morgan fingerprint density at radius 2 is 1.07 bits per heavy atom. The molecule has 0 aliphatic carbocycles. The summed E-state index contributed by atoms with van der Waals surface area (Å²) >= 11 is 0. The maximum Gasteiger partial charge on any atom is 0.338 e. The van der Waals surface area contributed by atoms with E-state index in [4.69, 9.17) is 20.9 Å². The molecule has 0 aromatic carbocycles. The highest BCUT2D eigenvalue weighted by molar-refractivity contribution is 5.80. The number of carbonyl (C=O) groups is 4. The number of ether oxygens (including phenoxy) is 2. The SMILES string of the molecule is CCCCCC/C=C\COC(=O)CCCCCCCN(CCCCCCCC(=O)OC/C=C\CCCCCC)C(=O)C([NH3+])CCCCNC(=O)C([NH3+])CCC[NH+]=C(N)N. The molecular weight excluding hydrogens is 747 g/mol. The van der Waals surface area contributed by atoms with Crippen LogP contribution in [0.4, 0.5) is 0 Å². The van der Waals surface area contributed by atoms with Crippen molar-refractivity contribution in [3.05, 3.63) is 24.3 Å². The number of allylic oxidation sites excluding steroid dienone is 2. The number of nitrogens with zero attached hydrogens (tertiary/aromatic N) is 1. The van der Waals surface area contributed by atoms with Gasteiger partial charge in [-0.15, -0.1) is 0 Å². The first-order chi connectivity index (χ1) is 28.6. The lowest BCUT2D eigenvalue weighted by Crippen LogP contribution is -2.78. The first kappa shape index (κ1) is 55.5. The van der Waals surface area contributed by atoms with E-state index in [0.29, 0.717) is 65.1 Å². The monoisotopic (exact) mass is 837 g/mol. The van der Waals surface area contributed by atoms with Crippen molar-refractivity contribution in [3.63, 3.8) is 0 Å². The summed E-state index contributed by atoms with van der Waals surface area (Å²) in [6.07, 6.45) is 33.9. The summed E-state index contributed by atoms with van der Waals surface area (Å²) in [5, 5.41) is 2.96. The summed E-state index contributed by atoms with van der Waals surface area (Å²) in [6.45, 7) is 7.66. The molecule has 12 N–H and O–H groups in total. The summed E-state index contributed by atoms with van der Waals surface area (Å²) in [4.78, 5) is 55.0. The van der Waals surface area contributed by atoms with Crippen LogP contribution in [0.25, 0.3) is 0 Å². The Hall–Kier alpha value is -3.45. The minimum Gasteiger partial charge on any atom is -0.461 e. The Morgan fingerprint density at radius 3 is 1.58 bits per heavy atom. The fraction of sp³-hybridized carbons (Fsp3) is 0.804. The zero-order valence-corrected chi connectivity index (χ0v) is 37.8. The fourth-order valence-corrected chi connectivity index (χ4v) is 6.68. The predicted molar refractivity (Wildman–Crippen MR) is 238 cm³/mol. The zero-order chi connectivity index (χ0) is 43.6. The van der Waals surface area contributed by atoms with E-state index in [1.165, 1.54) is 51.4 Å². The van der Waals surface area contributed by atoms with E-state index < -0.39 is 0 Å². The molecular formula is C46H90N7O6+3. The first-order valence-electron chi connectivity index (χ1n) is 23.6. The number of quaternary nitrogens is 2. The highest BCUT2D eigenvalue weighted by Crippen LogP contribution is 2.12. The van der Waals surface area contributed by atoms with Crippen molar-refractivity contribution in [2.24, 2.45) is 11.5 Å². The highest BCUT2D eigenvalue weighted by Gasteiger charge is 2.23. The molecule has 0 saturated heterocycles. The summed E-state index contributed by atoms with van der Waals surface area (Å²) in [5.41, 5.74) is 19.0. The van der Waals surface area contributed by atoms with Crippen LogP contribution < -0.4 is 33.2 Å². The lowest BCUT2D eigenvalue weighted by Gasteiger charge is -2.24. The second kappa shape index (κ2) is 41.3. The predicted octanol–water partition coefficient (Wildman–Crippen LogP) is 4.28. The summed E-state index contributed by atoms with van der Waals surface area (Å²) < 4.78 is 10.7. The van der Waals surface area contributed by atoms with Crippen molar-refractivity contribution >= 4 is 29.7 Å². The van der Waals surface area contributed by atoms with Gasteiger partial charge in [-0.05, 0) is 70.6 Å². The van der Waals surface area contributed by atoms with Gasteiger partial charge in [-0.1, -0.05) is 115 Å². The zero-order valence-electron chi connectivity index (χ0n) is 37.8. The van der Waals surface area contributed by atoms with Gasteiger partial charge in [0.05, 0.1) is 6.54 Å². The molecule has 2 amide bonds. The van der Waals surface area contributed by atoms with E-state index in [2.05, 4.69) is 47.8 Å². The lowest BCUT2D eigenvalue weighted by molar-refractivity contribution is -0.463. The van der Waals surface area contributed by atoms with Crippen molar-refractivity contribution in [1.29, 1.82) is 0 Å². The van der Waals surface area contributed by atoms with Crippen LogP contribution in [0, 0.1) is 0 Å². The topological polar surface area (TPSA) is 223 Å². The van der Waals surface area contributed by atoms with Crippen molar-refractivity contribution in [1.82, 2.24) is 10.2 Å². The number of unbranched alkanes of at least 4 members (excludes halogenated alkanes) is 17. The normalized spacial score (nSPS) is 12.4. The van der Waals surface area contributed by atoms with Gasteiger partial charge in [0.15, 0.2) is 12.1 Å². The summed E-state index contributed by atoms with van der Waals surface area (Å²) in [5.74, 6) is -0.0893. The Labute approximate surface area is 358 Å². The molecule has 342 valence electrons. The first-order valence-corrected chi connectivity index (χ1v) is 23.6. The van der Waals surface area contributed by atoms with Crippen molar-refractivity contribution in [2.75, 3.05) is 39.4 Å². The molecule has 2 unspecified atom stereocenters. The Kier molecular flexibility index (Phi) is 38.9. The number of nitrogens with two attached hydrogens (primary N) is 2. The molecule has 0 aromatic heterocycles. The average Bonchev–Trinajstić information content (AvgIpc) is 3.22. The second-order valence-corrected chi connectivity index (χ2v) is 16.1. The molecule has 13 heteroatoms. The van der Waals surface area contributed by atoms with Gasteiger partial charge in [-0.3, -0.25) is 35.6 Å². The van der Waals surface area contributed by atoms with Gasteiger partial charge in [0.25, 0.3) is 11.8 Å². The van der Waals surface area contributed by atoms with Gasteiger partial charge in [0.2, 0.25) is 0 Å². The van der Waals surface area contributed by atoms with E-state index in [0.717, 1.165) is 96.3 Å². The van der Waals surface area contributed by atoms with Gasteiger partial charge in [-0.25, -0.2) is 0 Å². The third-order valence-electron chi connectivity index (χ3n) is 10.4. The quantitative estimate of drug-likeness (QED) is 0.0171. The largest absolute Gasteiger partial charge is 0.461 e. The van der Waals surface area contributed by atoms with Crippen molar-refractivity contribution in [3.8, 4) is 0 Å². The van der Waals surface area contributed by atoms with Gasteiger partial charge < -0.3 is 31.2 Å². The molecule has 0 spiro atoms. The van der Waals surface area contributed by atoms with Crippen LogP contribution in [-0.4, -0.2) is 86.1 Å². The molecule has 59 heavy (non-hydrogen) atoms. The van der Waals surface area contributed by atoms with Crippen LogP contribution in [0.1, 0.15) is 187 Å². The van der Waals surface area contributed by atoms with Crippen LogP contribution in [0.15, 0.2) is 24.3 Å². The lowest BCUT2D eigenvalue weighted by atomic mass is 10.1. The van der Waals surface area contributed by atoms with E-state index in [1.54, 1.807) is 0 Å². The number of hydrogen-bond acceptors (Lipinski definition) is 6. The summed E-state index contributed by atoms with van der Waals surface area (Å²) in [6, 6.07) is -0.682. The molecule has 0 bridgehead atoms. The number of hydrogen-bond donors (Lipinski definition) is 6. The highest BCUT2D eigenvalue weighted by atomic mass is 16.5.